The molecule has 0 saturated heterocycles. The minimum absolute atomic E-state index is 0.315. The van der Waals surface area contributed by atoms with Crippen molar-refractivity contribution < 1.29 is 14.7 Å². The van der Waals surface area contributed by atoms with Crippen LogP contribution in [-0.2, 0) is 4.79 Å². The van der Waals surface area contributed by atoms with E-state index in [0.717, 1.165) is 0 Å². The zero-order valence-electron chi connectivity index (χ0n) is 10.8. The molecule has 5 nitrogen and oxygen atoms in total. The van der Waals surface area contributed by atoms with Gasteiger partial charge in [-0.05, 0) is 45.0 Å². The number of hydrogen-bond donors (Lipinski definition) is 2. The summed E-state index contributed by atoms with van der Waals surface area (Å²) in [7, 11) is 0. The standard InChI is InChI=1S/C13H18N2O3/c1-13(2,3)15(8-11(16)17)12(18)9-4-6-10(14)7-5-9/h4-7H,8,14H2,1-3H3,(H,16,17). The zero-order valence-corrected chi connectivity index (χ0v) is 10.8. The van der Waals surface area contributed by atoms with Crippen molar-refractivity contribution in [2.45, 2.75) is 26.3 Å². The molecule has 0 aliphatic rings. The number of rotatable bonds is 3. The molecule has 3 N–H and O–H groups in total. The summed E-state index contributed by atoms with van der Waals surface area (Å²) in [6, 6.07) is 6.43. The molecule has 0 bridgehead atoms. The number of carbonyl (C=O) groups is 2. The molecule has 1 aromatic carbocycles. The monoisotopic (exact) mass is 250 g/mol. The summed E-state index contributed by atoms with van der Waals surface area (Å²) in [6.07, 6.45) is 0. The highest BCUT2D eigenvalue weighted by Crippen LogP contribution is 2.17. The van der Waals surface area contributed by atoms with Gasteiger partial charge in [-0.1, -0.05) is 0 Å². The maximum atomic E-state index is 12.3. The summed E-state index contributed by atoms with van der Waals surface area (Å²) in [5.74, 6) is -1.35. The summed E-state index contributed by atoms with van der Waals surface area (Å²) in [5.41, 5.74) is 5.98. The van der Waals surface area contributed by atoms with Crippen LogP contribution in [0.15, 0.2) is 24.3 Å². The lowest BCUT2D eigenvalue weighted by Gasteiger charge is -2.34. The molecule has 0 unspecified atom stereocenters. The van der Waals surface area contributed by atoms with Crippen molar-refractivity contribution in [2.24, 2.45) is 0 Å². The minimum Gasteiger partial charge on any atom is -0.480 e. The van der Waals surface area contributed by atoms with Crippen LogP contribution in [0.4, 0.5) is 5.69 Å². The molecule has 0 radical (unpaired) electrons. The Balaban J connectivity index is 3.02. The molecule has 1 rings (SSSR count). The first kappa shape index (κ1) is 14.0. The van der Waals surface area contributed by atoms with Crippen LogP contribution in [0, 0.1) is 0 Å². The molecule has 1 amide bonds. The zero-order chi connectivity index (χ0) is 13.9. The number of carboxylic acids is 1. The fraction of sp³-hybridized carbons (Fsp3) is 0.385. The second kappa shape index (κ2) is 5.08. The Morgan fingerprint density at radius 2 is 1.72 bits per heavy atom. The van der Waals surface area contributed by atoms with E-state index in [1.165, 1.54) is 4.90 Å². The number of benzene rings is 1. The Hall–Kier alpha value is -2.04. The van der Waals surface area contributed by atoms with Crippen molar-refractivity contribution in [1.29, 1.82) is 0 Å². The van der Waals surface area contributed by atoms with E-state index in [0.29, 0.717) is 11.3 Å². The van der Waals surface area contributed by atoms with Gasteiger partial charge >= 0.3 is 5.97 Å². The second-order valence-corrected chi connectivity index (χ2v) is 5.08. The van der Waals surface area contributed by atoms with Gasteiger partial charge in [-0.3, -0.25) is 9.59 Å². The first-order chi connectivity index (χ1) is 8.21. The molecule has 0 fully saturated rings. The van der Waals surface area contributed by atoms with Gasteiger partial charge in [-0.15, -0.1) is 0 Å². The van der Waals surface area contributed by atoms with E-state index in [1.54, 1.807) is 45.0 Å². The normalized spacial score (nSPS) is 11.1. The van der Waals surface area contributed by atoms with Crippen LogP contribution >= 0.6 is 0 Å². The van der Waals surface area contributed by atoms with Crippen LogP contribution in [0.3, 0.4) is 0 Å². The topological polar surface area (TPSA) is 83.6 Å². The van der Waals surface area contributed by atoms with Gasteiger partial charge in [0.2, 0.25) is 0 Å². The second-order valence-electron chi connectivity index (χ2n) is 5.08. The Morgan fingerprint density at radius 1 is 1.22 bits per heavy atom. The van der Waals surface area contributed by atoms with Gasteiger partial charge in [0.15, 0.2) is 0 Å². The van der Waals surface area contributed by atoms with Gasteiger partial charge in [0, 0.05) is 16.8 Å². The van der Waals surface area contributed by atoms with Crippen LogP contribution in [0.1, 0.15) is 31.1 Å². The Kier molecular flexibility index (Phi) is 3.96. The van der Waals surface area contributed by atoms with Crippen molar-refractivity contribution >= 4 is 17.6 Å². The molecule has 1 aromatic rings. The lowest BCUT2D eigenvalue weighted by atomic mass is 10.0. The van der Waals surface area contributed by atoms with Crippen molar-refractivity contribution in [3.8, 4) is 0 Å². The molecule has 0 aromatic heterocycles. The molecule has 0 aliphatic heterocycles. The van der Waals surface area contributed by atoms with Crippen LogP contribution in [0.5, 0.6) is 0 Å². The fourth-order valence-corrected chi connectivity index (χ4v) is 1.53. The van der Waals surface area contributed by atoms with Crippen molar-refractivity contribution in [3.63, 3.8) is 0 Å². The summed E-state index contributed by atoms with van der Waals surface area (Å²) >= 11 is 0. The van der Waals surface area contributed by atoms with Crippen LogP contribution in [0.25, 0.3) is 0 Å². The molecular formula is C13H18N2O3. The predicted molar refractivity (Wildman–Crippen MR) is 69.3 cm³/mol. The van der Waals surface area contributed by atoms with E-state index >= 15 is 0 Å². The maximum absolute atomic E-state index is 12.3. The van der Waals surface area contributed by atoms with Gasteiger partial charge in [0.05, 0.1) is 0 Å². The van der Waals surface area contributed by atoms with E-state index in [1.807, 2.05) is 0 Å². The number of nitrogens with zero attached hydrogens (tertiary/aromatic N) is 1. The van der Waals surface area contributed by atoms with Crippen molar-refractivity contribution in [2.75, 3.05) is 12.3 Å². The lowest BCUT2D eigenvalue weighted by Crippen LogP contribution is -2.48. The Morgan fingerprint density at radius 3 is 2.11 bits per heavy atom. The molecule has 0 heterocycles. The Bertz CT molecular complexity index is 446. The smallest absolute Gasteiger partial charge is 0.323 e. The summed E-state index contributed by atoms with van der Waals surface area (Å²) in [4.78, 5) is 24.4. The van der Waals surface area contributed by atoms with E-state index in [4.69, 9.17) is 10.8 Å². The molecular weight excluding hydrogens is 232 g/mol. The van der Waals surface area contributed by atoms with Crippen molar-refractivity contribution in [1.82, 2.24) is 4.90 Å². The minimum atomic E-state index is -1.03. The number of nitrogen functional groups attached to an aromatic ring is 1. The third-order valence-corrected chi connectivity index (χ3v) is 2.51. The Labute approximate surface area is 106 Å². The maximum Gasteiger partial charge on any atom is 0.323 e. The SMILES string of the molecule is CC(C)(C)N(CC(=O)O)C(=O)c1ccc(N)cc1. The van der Waals surface area contributed by atoms with Gasteiger partial charge in [-0.2, -0.15) is 0 Å². The van der Waals surface area contributed by atoms with E-state index < -0.39 is 11.5 Å². The van der Waals surface area contributed by atoms with Crippen LogP contribution in [-0.4, -0.2) is 34.0 Å². The third-order valence-electron chi connectivity index (χ3n) is 2.51. The van der Waals surface area contributed by atoms with Crippen LogP contribution < -0.4 is 5.73 Å². The average molecular weight is 250 g/mol. The van der Waals surface area contributed by atoms with Crippen LogP contribution in [0.2, 0.25) is 0 Å². The van der Waals surface area contributed by atoms with E-state index in [2.05, 4.69) is 0 Å². The van der Waals surface area contributed by atoms with E-state index in [-0.39, 0.29) is 12.5 Å². The molecule has 98 valence electrons. The number of nitrogens with two attached hydrogens (primary N) is 1. The first-order valence-corrected chi connectivity index (χ1v) is 5.61. The van der Waals surface area contributed by atoms with Crippen molar-refractivity contribution in [3.05, 3.63) is 29.8 Å². The molecule has 5 heteroatoms. The number of anilines is 1. The van der Waals surface area contributed by atoms with Gasteiger partial charge in [0.1, 0.15) is 6.54 Å². The fourth-order valence-electron chi connectivity index (χ4n) is 1.53. The number of amides is 1. The number of aliphatic carboxylic acids is 1. The number of carbonyl (C=O) groups excluding carboxylic acids is 1. The first-order valence-electron chi connectivity index (χ1n) is 5.61. The predicted octanol–water partition coefficient (Wildman–Crippen LogP) is 1.59. The lowest BCUT2D eigenvalue weighted by molar-refractivity contribution is -0.138. The summed E-state index contributed by atoms with van der Waals surface area (Å²) < 4.78 is 0. The van der Waals surface area contributed by atoms with Gasteiger partial charge in [0.25, 0.3) is 5.91 Å². The highest BCUT2D eigenvalue weighted by Gasteiger charge is 2.29. The number of carboxylic acid groups (broad SMARTS) is 1. The highest BCUT2D eigenvalue weighted by molar-refractivity contribution is 5.96. The molecule has 0 spiro atoms. The molecule has 0 aliphatic carbocycles. The molecule has 0 saturated carbocycles. The van der Waals surface area contributed by atoms with Gasteiger partial charge in [-0.25, -0.2) is 0 Å². The third kappa shape index (κ3) is 3.48. The summed E-state index contributed by atoms with van der Waals surface area (Å²) in [6.45, 7) is 5.06. The molecule has 18 heavy (non-hydrogen) atoms. The highest BCUT2D eigenvalue weighted by atomic mass is 16.4. The average Bonchev–Trinajstić information content (AvgIpc) is 2.24. The van der Waals surface area contributed by atoms with E-state index in [9.17, 15) is 9.59 Å². The number of hydrogen-bond acceptors (Lipinski definition) is 3. The molecule has 0 atom stereocenters. The largest absolute Gasteiger partial charge is 0.480 e. The van der Waals surface area contributed by atoms with Gasteiger partial charge < -0.3 is 15.7 Å². The summed E-state index contributed by atoms with van der Waals surface area (Å²) in [5, 5.41) is 8.87. The quantitative estimate of drug-likeness (QED) is 0.798.